The van der Waals surface area contributed by atoms with Crippen LogP contribution in [-0.2, 0) is 12.7 Å². The van der Waals surface area contributed by atoms with Crippen molar-refractivity contribution in [3.8, 4) is 0 Å². The molecule has 0 saturated carbocycles. The summed E-state index contributed by atoms with van der Waals surface area (Å²) >= 11 is 0. The van der Waals surface area contributed by atoms with Crippen LogP contribution in [-0.4, -0.2) is 47.2 Å². The zero-order valence-corrected chi connectivity index (χ0v) is 15.7. The van der Waals surface area contributed by atoms with Crippen molar-refractivity contribution in [3.05, 3.63) is 33.7 Å². The third-order valence-electron chi connectivity index (χ3n) is 4.46. The quantitative estimate of drug-likeness (QED) is 0.728. The largest absolute Gasteiger partial charge is 0.431 e. The Hall–Kier alpha value is -1.90. The fraction of sp³-hybridized carbons (Fsp3) is 0.667. The zero-order valence-electron chi connectivity index (χ0n) is 15.7. The van der Waals surface area contributed by atoms with E-state index in [4.69, 9.17) is 0 Å². The van der Waals surface area contributed by atoms with Gasteiger partial charge < -0.3 is 9.88 Å². The van der Waals surface area contributed by atoms with Crippen molar-refractivity contribution in [3.63, 3.8) is 0 Å². The molecule has 27 heavy (non-hydrogen) atoms. The molecule has 2 heterocycles. The van der Waals surface area contributed by atoms with E-state index in [0.29, 0.717) is 23.5 Å². The summed E-state index contributed by atoms with van der Waals surface area (Å²) in [4.78, 5) is 26.3. The summed E-state index contributed by atoms with van der Waals surface area (Å²) in [7, 11) is 0. The van der Waals surface area contributed by atoms with Gasteiger partial charge in [0.2, 0.25) is 0 Å². The molecular weight excluding hydrogens is 366 g/mol. The summed E-state index contributed by atoms with van der Waals surface area (Å²) in [5.41, 5.74) is -3.79. The number of rotatable bonds is 7. The minimum absolute atomic E-state index is 0.0981. The highest BCUT2D eigenvalue weighted by Gasteiger charge is 2.39. The molecule has 1 aromatic rings. The number of nitrogens with one attached hydrogen (secondary N) is 1. The molecule has 0 spiro atoms. The number of hydrogen-bond acceptors (Lipinski definition) is 3. The van der Waals surface area contributed by atoms with Gasteiger partial charge in [0.25, 0.3) is 11.5 Å². The summed E-state index contributed by atoms with van der Waals surface area (Å²) in [5.74, 6) is -0.351. The fourth-order valence-corrected chi connectivity index (χ4v) is 3.08. The maximum absolute atomic E-state index is 13.5. The number of halogens is 4. The van der Waals surface area contributed by atoms with Gasteiger partial charge in [-0.2, -0.15) is 13.2 Å². The van der Waals surface area contributed by atoms with E-state index in [1.165, 1.54) is 6.92 Å². The SMILES string of the molecule is CC(C)CCNC(=O)c1ccc(C(F)(F)F)n(CCN2CC(C)(F)C2)c1=O. The molecule has 2 rings (SSSR count). The minimum atomic E-state index is -4.73. The Morgan fingerprint density at radius 2 is 1.89 bits per heavy atom. The van der Waals surface area contributed by atoms with Gasteiger partial charge in [0.05, 0.1) is 0 Å². The van der Waals surface area contributed by atoms with Crippen LogP contribution in [0.1, 0.15) is 43.2 Å². The van der Waals surface area contributed by atoms with Crippen molar-refractivity contribution >= 4 is 5.91 Å². The third kappa shape index (κ3) is 5.54. The number of aromatic nitrogens is 1. The van der Waals surface area contributed by atoms with Gasteiger partial charge in [-0.1, -0.05) is 13.8 Å². The van der Waals surface area contributed by atoms with Gasteiger partial charge in [0, 0.05) is 32.7 Å². The smallest absolute Gasteiger partial charge is 0.352 e. The Morgan fingerprint density at radius 1 is 1.26 bits per heavy atom. The highest BCUT2D eigenvalue weighted by atomic mass is 19.4. The second-order valence-electron chi connectivity index (χ2n) is 7.65. The first-order chi connectivity index (χ1) is 12.4. The maximum Gasteiger partial charge on any atom is 0.431 e. The molecule has 1 aliphatic heterocycles. The predicted molar refractivity (Wildman–Crippen MR) is 93.4 cm³/mol. The van der Waals surface area contributed by atoms with Crippen LogP contribution in [0, 0.1) is 5.92 Å². The van der Waals surface area contributed by atoms with Gasteiger partial charge in [0.15, 0.2) is 0 Å². The van der Waals surface area contributed by atoms with Gasteiger partial charge in [-0.05, 0) is 31.4 Å². The van der Waals surface area contributed by atoms with E-state index in [9.17, 15) is 27.2 Å². The standard InChI is InChI=1S/C18H25F4N3O2/c1-12(2)6-7-23-15(26)13-4-5-14(18(20,21)22)25(16(13)27)9-8-24-10-17(3,19)11-24/h4-5,12H,6-11H2,1-3H3,(H,23,26). The molecule has 0 unspecified atom stereocenters. The van der Waals surface area contributed by atoms with Gasteiger partial charge >= 0.3 is 6.18 Å². The van der Waals surface area contributed by atoms with Crippen LogP contribution in [0.15, 0.2) is 16.9 Å². The molecule has 0 atom stereocenters. The van der Waals surface area contributed by atoms with Crippen LogP contribution in [0.3, 0.4) is 0 Å². The van der Waals surface area contributed by atoms with Crippen molar-refractivity contribution < 1.29 is 22.4 Å². The van der Waals surface area contributed by atoms with Crippen LogP contribution in [0.4, 0.5) is 17.6 Å². The van der Waals surface area contributed by atoms with E-state index >= 15 is 0 Å². The molecule has 9 heteroatoms. The molecule has 1 aromatic heterocycles. The Balaban J connectivity index is 2.20. The number of pyridine rings is 1. The number of nitrogens with zero attached hydrogens (tertiary/aromatic N) is 2. The second kappa shape index (κ2) is 8.00. The van der Waals surface area contributed by atoms with Crippen LogP contribution in [0.25, 0.3) is 0 Å². The Bertz CT molecular complexity index is 733. The van der Waals surface area contributed by atoms with E-state index in [-0.39, 0.29) is 31.7 Å². The number of alkyl halides is 4. The molecule has 1 amide bonds. The van der Waals surface area contributed by atoms with Crippen molar-refractivity contribution in [2.75, 3.05) is 26.2 Å². The summed E-state index contributed by atoms with van der Waals surface area (Å²) < 4.78 is 53.9. The van der Waals surface area contributed by atoms with Crippen LogP contribution >= 0.6 is 0 Å². The summed E-state index contributed by atoms with van der Waals surface area (Å²) in [6.45, 7) is 5.73. The predicted octanol–water partition coefficient (Wildman–Crippen LogP) is 2.69. The first-order valence-electron chi connectivity index (χ1n) is 8.91. The van der Waals surface area contributed by atoms with E-state index in [0.717, 1.165) is 12.1 Å². The third-order valence-corrected chi connectivity index (χ3v) is 4.46. The average Bonchev–Trinajstić information content (AvgIpc) is 2.49. The lowest BCUT2D eigenvalue weighted by Gasteiger charge is -2.42. The lowest BCUT2D eigenvalue weighted by atomic mass is 9.99. The maximum atomic E-state index is 13.5. The zero-order chi connectivity index (χ0) is 20.4. The molecule has 1 saturated heterocycles. The van der Waals surface area contributed by atoms with Gasteiger partial charge in [-0.25, -0.2) is 4.39 Å². The van der Waals surface area contributed by atoms with Crippen molar-refractivity contribution in [2.24, 2.45) is 5.92 Å². The van der Waals surface area contributed by atoms with E-state index in [1.807, 2.05) is 13.8 Å². The normalized spacial score (nSPS) is 17.0. The van der Waals surface area contributed by atoms with Crippen molar-refractivity contribution in [1.29, 1.82) is 0 Å². The average molecular weight is 391 g/mol. The molecule has 1 fully saturated rings. The fourth-order valence-electron chi connectivity index (χ4n) is 3.08. The molecule has 0 radical (unpaired) electrons. The van der Waals surface area contributed by atoms with E-state index in [1.54, 1.807) is 4.90 Å². The molecular formula is C18H25F4N3O2. The van der Waals surface area contributed by atoms with Crippen LogP contribution < -0.4 is 10.9 Å². The summed E-state index contributed by atoms with van der Waals surface area (Å²) in [5, 5.41) is 2.56. The molecule has 1 N–H and O–H groups in total. The number of likely N-dealkylation sites (tertiary alicyclic amines) is 1. The Morgan fingerprint density at radius 3 is 2.41 bits per heavy atom. The molecule has 0 bridgehead atoms. The molecule has 5 nitrogen and oxygen atoms in total. The Labute approximate surface area is 155 Å². The molecule has 0 aliphatic carbocycles. The molecule has 1 aliphatic rings. The summed E-state index contributed by atoms with van der Waals surface area (Å²) in [6, 6.07) is 1.66. The van der Waals surface area contributed by atoms with E-state index in [2.05, 4.69) is 5.32 Å². The minimum Gasteiger partial charge on any atom is -0.352 e. The first kappa shape index (κ1) is 21.4. The van der Waals surface area contributed by atoms with Crippen LogP contribution in [0.5, 0.6) is 0 Å². The monoisotopic (exact) mass is 391 g/mol. The number of carbonyl (C=O) groups is 1. The lowest BCUT2D eigenvalue weighted by Crippen LogP contribution is -2.57. The highest BCUT2D eigenvalue weighted by molar-refractivity contribution is 5.93. The number of carbonyl (C=O) groups excluding carboxylic acids is 1. The van der Waals surface area contributed by atoms with Crippen molar-refractivity contribution in [2.45, 2.75) is 45.6 Å². The van der Waals surface area contributed by atoms with Gasteiger partial charge in [0.1, 0.15) is 16.9 Å². The number of hydrogen-bond donors (Lipinski definition) is 1. The van der Waals surface area contributed by atoms with E-state index < -0.39 is 29.0 Å². The summed E-state index contributed by atoms with van der Waals surface area (Å²) in [6.07, 6.45) is -4.03. The molecule has 0 aromatic carbocycles. The van der Waals surface area contributed by atoms with Crippen LogP contribution in [0.2, 0.25) is 0 Å². The Kier molecular flexibility index (Phi) is 6.34. The van der Waals surface area contributed by atoms with Gasteiger partial charge in [-0.15, -0.1) is 0 Å². The van der Waals surface area contributed by atoms with Crippen molar-refractivity contribution in [1.82, 2.24) is 14.8 Å². The number of amides is 1. The first-order valence-corrected chi connectivity index (χ1v) is 8.91. The topological polar surface area (TPSA) is 54.3 Å². The lowest BCUT2D eigenvalue weighted by molar-refractivity contribution is -0.144. The second-order valence-corrected chi connectivity index (χ2v) is 7.65. The molecule has 152 valence electrons. The highest BCUT2D eigenvalue weighted by Crippen LogP contribution is 2.29. The van der Waals surface area contributed by atoms with Gasteiger partial charge in [-0.3, -0.25) is 14.5 Å².